The Bertz CT molecular complexity index is 356. The van der Waals surface area contributed by atoms with Crippen LogP contribution in [-0.4, -0.2) is 30.6 Å². The molecule has 0 aromatic carbocycles. The van der Waals surface area contributed by atoms with E-state index in [4.69, 9.17) is 12.6 Å². The fourth-order valence-corrected chi connectivity index (χ4v) is 1.93. The van der Waals surface area contributed by atoms with Gasteiger partial charge in [0.2, 0.25) is 0 Å². The Labute approximate surface area is 90.9 Å². The molecule has 2 rings (SSSR count). The number of aromatic nitrogens is 1. The van der Waals surface area contributed by atoms with Crippen molar-refractivity contribution in [3.63, 3.8) is 0 Å². The van der Waals surface area contributed by atoms with Gasteiger partial charge in [0, 0.05) is 24.3 Å². The van der Waals surface area contributed by atoms with E-state index in [1.165, 1.54) is 0 Å². The minimum Gasteiger partial charge on any atom is -0.393 e. The molecule has 3 nitrogen and oxygen atoms in total. The van der Waals surface area contributed by atoms with Crippen LogP contribution in [0.2, 0.25) is 0 Å². The molecule has 15 heavy (non-hydrogen) atoms. The molecule has 1 aromatic rings. The van der Waals surface area contributed by atoms with E-state index in [0.29, 0.717) is 18.6 Å². The third-order valence-electron chi connectivity index (χ3n) is 2.75. The SMILES string of the molecule is [B]c1ccc(C2CC(O)CCO2)c(C)n1. The second-order valence-electron chi connectivity index (χ2n) is 3.95. The number of rotatable bonds is 1. The predicted octanol–water partition coefficient (Wildman–Crippen LogP) is 0.396. The predicted molar refractivity (Wildman–Crippen MR) is 58.3 cm³/mol. The van der Waals surface area contributed by atoms with Crippen LogP contribution in [0.15, 0.2) is 12.1 Å². The molecule has 4 heteroatoms. The standard InChI is InChI=1S/C11H14BNO2/c1-7-9(2-3-11(12)13-7)10-6-8(14)4-5-15-10/h2-3,8,10,14H,4-6H2,1H3. The molecular weight excluding hydrogens is 189 g/mol. The van der Waals surface area contributed by atoms with E-state index in [-0.39, 0.29) is 12.2 Å². The molecule has 0 bridgehead atoms. The number of ether oxygens (including phenoxy) is 1. The molecule has 2 atom stereocenters. The van der Waals surface area contributed by atoms with Crippen LogP contribution in [0.5, 0.6) is 0 Å². The van der Waals surface area contributed by atoms with Crippen LogP contribution in [0.25, 0.3) is 0 Å². The topological polar surface area (TPSA) is 42.4 Å². The van der Waals surface area contributed by atoms with Crippen molar-refractivity contribution in [3.8, 4) is 0 Å². The summed E-state index contributed by atoms with van der Waals surface area (Å²) in [5.41, 5.74) is 2.43. The third-order valence-corrected chi connectivity index (χ3v) is 2.75. The van der Waals surface area contributed by atoms with Gasteiger partial charge in [0.1, 0.15) is 7.85 Å². The number of aliphatic hydroxyl groups excluding tert-OH is 1. The van der Waals surface area contributed by atoms with Crippen molar-refractivity contribution >= 4 is 13.4 Å². The second-order valence-corrected chi connectivity index (χ2v) is 3.95. The summed E-state index contributed by atoms with van der Waals surface area (Å²) in [7, 11) is 5.58. The largest absolute Gasteiger partial charge is 0.393 e. The van der Waals surface area contributed by atoms with Crippen LogP contribution in [0.3, 0.4) is 0 Å². The van der Waals surface area contributed by atoms with E-state index in [9.17, 15) is 5.11 Å². The lowest BCUT2D eigenvalue weighted by atomic mass is 9.96. The number of nitrogens with zero attached hydrogens (tertiary/aromatic N) is 1. The third kappa shape index (κ3) is 2.38. The maximum Gasteiger partial charge on any atom is 0.141 e. The van der Waals surface area contributed by atoms with E-state index >= 15 is 0 Å². The zero-order valence-electron chi connectivity index (χ0n) is 8.81. The quantitative estimate of drug-likeness (QED) is 0.671. The summed E-state index contributed by atoms with van der Waals surface area (Å²) in [6.45, 7) is 2.52. The van der Waals surface area contributed by atoms with Gasteiger partial charge in [-0.2, -0.15) is 0 Å². The summed E-state index contributed by atoms with van der Waals surface area (Å²) in [6.07, 6.45) is 1.06. The van der Waals surface area contributed by atoms with Gasteiger partial charge in [-0.1, -0.05) is 12.1 Å². The number of pyridine rings is 1. The molecule has 0 aliphatic carbocycles. The summed E-state index contributed by atoms with van der Waals surface area (Å²) in [6, 6.07) is 3.70. The first-order valence-electron chi connectivity index (χ1n) is 5.19. The summed E-state index contributed by atoms with van der Waals surface area (Å²) in [5, 5.41) is 9.56. The van der Waals surface area contributed by atoms with E-state index in [2.05, 4.69) is 4.98 Å². The molecule has 0 amide bonds. The van der Waals surface area contributed by atoms with E-state index in [1.807, 2.05) is 13.0 Å². The van der Waals surface area contributed by atoms with Gasteiger partial charge in [-0.3, -0.25) is 4.98 Å². The highest BCUT2D eigenvalue weighted by Gasteiger charge is 2.23. The molecule has 1 aromatic heterocycles. The molecule has 1 fully saturated rings. The van der Waals surface area contributed by atoms with Gasteiger partial charge in [0.15, 0.2) is 0 Å². The van der Waals surface area contributed by atoms with Crippen molar-refractivity contribution in [2.24, 2.45) is 0 Å². The average Bonchev–Trinajstić information content (AvgIpc) is 2.17. The molecule has 1 saturated heterocycles. The molecule has 0 spiro atoms. The van der Waals surface area contributed by atoms with Crippen molar-refractivity contribution in [3.05, 3.63) is 23.4 Å². The Morgan fingerprint density at radius 3 is 3.00 bits per heavy atom. The first kappa shape index (κ1) is 10.6. The lowest BCUT2D eigenvalue weighted by Crippen LogP contribution is -2.24. The van der Waals surface area contributed by atoms with Crippen LogP contribution < -0.4 is 5.59 Å². The fourth-order valence-electron chi connectivity index (χ4n) is 1.93. The zero-order valence-corrected chi connectivity index (χ0v) is 8.81. The molecule has 2 heterocycles. The average molecular weight is 203 g/mol. The van der Waals surface area contributed by atoms with Gasteiger partial charge in [-0.05, 0) is 18.9 Å². The summed E-state index contributed by atoms with van der Waals surface area (Å²) in [5.74, 6) is 0. The number of aryl methyl sites for hydroxylation is 1. The Morgan fingerprint density at radius 1 is 1.53 bits per heavy atom. The highest BCUT2D eigenvalue weighted by molar-refractivity contribution is 6.30. The summed E-state index contributed by atoms with van der Waals surface area (Å²) in [4.78, 5) is 4.19. The van der Waals surface area contributed by atoms with Crippen LogP contribution in [0.1, 0.15) is 30.2 Å². The summed E-state index contributed by atoms with van der Waals surface area (Å²) >= 11 is 0. The maximum atomic E-state index is 9.56. The molecule has 1 N–H and O–H groups in total. The van der Waals surface area contributed by atoms with Gasteiger partial charge in [-0.15, -0.1) is 0 Å². The van der Waals surface area contributed by atoms with Crippen molar-refractivity contribution in [1.82, 2.24) is 4.98 Å². The highest BCUT2D eigenvalue weighted by Crippen LogP contribution is 2.28. The highest BCUT2D eigenvalue weighted by atomic mass is 16.5. The Hall–Kier alpha value is -0.865. The Kier molecular flexibility index (Phi) is 3.07. The Morgan fingerprint density at radius 2 is 2.33 bits per heavy atom. The lowest BCUT2D eigenvalue weighted by Gasteiger charge is -2.27. The normalized spacial score (nSPS) is 26.5. The lowest BCUT2D eigenvalue weighted by molar-refractivity contribution is -0.0451. The Balaban J connectivity index is 2.21. The first-order valence-corrected chi connectivity index (χ1v) is 5.19. The minimum absolute atomic E-state index is 0.0400. The van der Waals surface area contributed by atoms with Crippen LogP contribution >= 0.6 is 0 Å². The van der Waals surface area contributed by atoms with E-state index in [1.54, 1.807) is 6.07 Å². The van der Waals surface area contributed by atoms with Crippen molar-refractivity contribution in [1.29, 1.82) is 0 Å². The molecule has 1 aliphatic rings. The van der Waals surface area contributed by atoms with E-state index in [0.717, 1.165) is 17.7 Å². The van der Waals surface area contributed by atoms with Gasteiger partial charge in [0.25, 0.3) is 0 Å². The molecule has 2 unspecified atom stereocenters. The number of aliphatic hydroxyl groups is 1. The van der Waals surface area contributed by atoms with Gasteiger partial charge in [-0.25, -0.2) is 0 Å². The smallest absolute Gasteiger partial charge is 0.141 e. The first-order chi connectivity index (χ1) is 7.16. The molecule has 1 aliphatic heterocycles. The van der Waals surface area contributed by atoms with Crippen molar-refractivity contribution < 1.29 is 9.84 Å². The van der Waals surface area contributed by atoms with E-state index < -0.39 is 0 Å². The molecule has 2 radical (unpaired) electrons. The van der Waals surface area contributed by atoms with Crippen LogP contribution in [0, 0.1) is 6.92 Å². The van der Waals surface area contributed by atoms with Crippen molar-refractivity contribution in [2.45, 2.75) is 32.0 Å². The van der Waals surface area contributed by atoms with Gasteiger partial charge < -0.3 is 9.84 Å². The second kappa shape index (κ2) is 4.33. The van der Waals surface area contributed by atoms with Crippen molar-refractivity contribution in [2.75, 3.05) is 6.61 Å². The molecular formula is C11H14BNO2. The van der Waals surface area contributed by atoms with Gasteiger partial charge >= 0.3 is 0 Å². The zero-order chi connectivity index (χ0) is 10.8. The number of hydrogen-bond acceptors (Lipinski definition) is 3. The molecule has 78 valence electrons. The maximum absolute atomic E-state index is 9.56. The monoisotopic (exact) mass is 203 g/mol. The van der Waals surface area contributed by atoms with Crippen LogP contribution in [-0.2, 0) is 4.74 Å². The fraction of sp³-hybridized carbons (Fsp3) is 0.545. The van der Waals surface area contributed by atoms with Crippen LogP contribution in [0.4, 0.5) is 0 Å². The molecule has 0 saturated carbocycles. The number of hydrogen-bond donors (Lipinski definition) is 1. The minimum atomic E-state index is -0.263. The van der Waals surface area contributed by atoms with Gasteiger partial charge in [0.05, 0.1) is 12.2 Å². The summed E-state index contributed by atoms with van der Waals surface area (Å²) < 4.78 is 5.61.